The lowest BCUT2D eigenvalue weighted by atomic mass is 9.81. The van der Waals surface area contributed by atoms with Crippen LogP contribution in [0.15, 0.2) is 0 Å². The van der Waals surface area contributed by atoms with E-state index in [9.17, 15) is 0 Å². The van der Waals surface area contributed by atoms with Gasteiger partial charge in [-0.05, 0) is 24.7 Å². The maximum Gasteiger partial charge on any atom is 0.0309 e. The van der Waals surface area contributed by atoms with Gasteiger partial charge in [-0.15, -0.1) is 12.3 Å². The molecule has 0 fully saturated rings. The molecule has 0 aliphatic carbocycles. The number of hydrogen-bond acceptors (Lipinski definition) is 2. The Morgan fingerprint density at radius 2 is 1.69 bits per heavy atom. The third-order valence-electron chi connectivity index (χ3n) is 2.76. The van der Waals surface area contributed by atoms with Crippen molar-refractivity contribution >= 4 is 0 Å². The molecule has 0 spiro atoms. The fourth-order valence-corrected chi connectivity index (χ4v) is 2.43. The van der Waals surface area contributed by atoms with E-state index in [2.05, 4.69) is 38.9 Å². The molecule has 0 heterocycles. The van der Waals surface area contributed by atoms with Crippen LogP contribution in [0, 0.1) is 24.2 Å². The minimum absolute atomic E-state index is 0.0686. The van der Waals surface area contributed by atoms with Gasteiger partial charge in [0.2, 0.25) is 0 Å². The van der Waals surface area contributed by atoms with Crippen molar-refractivity contribution in [2.24, 2.45) is 17.6 Å². The highest BCUT2D eigenvalue weighted by Crippen LogP contribution is 2.24. The van der Waals surface area contributed by atoms with Crippen LogP contribution < -0.4 is 11.1 Å². The Balaban J connectivity index is 4.47. The van der Waals surface area contributed by atoms with Crippen molar-refractivity contribution in [2.75, 3.05) is 13.1 Å². The van der Waals surface area contributed by atoms with Crippen LogP contribution in [0.4, 0.5) is 0 Å². The molecule has 0 saturated carbocycles. The van der Waals surface area contributed by atoms with Gasteiger partial charge in [0, 0.05) is 25.0 Å². The molecule has 0 saturated heterocycles. The van der Waals surface area contributed by atoms with Gasteiger partial charge in [-0.25, -0.2) is 0 Å². The lowest BCUT2D eigenvalue weighted by Gasteiger charge is -2.37. The summed E-state index contributed by atoms with van der Waals surface area (Å²) in [6, 6.07) is 0. The molecule has 0 aromatic rings. The number of nitrogens with two attached hydrogens (primary N) is 1. The number of terminal acetylenes is 1. The molecule has 0 aliphatic heterocycles. The minimum atomic E-state index is 0.0686. The first-order chi connectivity index (χ1) is 7.45. The first-order valence-corrected chi connectivity index (χ1v) is 6.34. The van der Waals surface area contributed by atoms with Gasteiger partial charge in [0.15, 0.2) is 0 Å². The highest BCUT2D eigenvalue weighted by molar-refractivity contribution is 4.93. The van der Waals surface area contributed by atoms with Crippen LogP contribution in [0.3, 0.4) is 0 Å². The molecule has 0 unspecified atom stereocenters. The van der Waals surface area contributed by atoms with Gasteiger partial charge in [0.1, 0.15) is 0 Å². The number of nitrogens with one attached hydrogen (secondary N) is 1. The van der Waals surface area contributed by atoms with Crippen molar-refractivity contribution in [3.63, 3.8) is 0 Å². The summed E-state index contributed by atoms with van der Waals surface area (Å²) in [6.07, 6.45) is 8.29. The first-order valence-electron chi connectivity index (χ1n) is 6.34. The average molecular weight is 224 g/mol. The summed E-state index contributed by atoms with van der Waals surface area (Å²) in [5.74, 6) is 3.97. The van der Waals surface area contributed by atoms with Crippen molar-refractivity contribution in [3.8, 4) is 12.3 Å². The zero-order chi connectivity index (χ0) is 12.6. The lowest BCUT2D eigenvalue weighted by molar-refractivity contribution is 0.232. The molecule has 0 aliphatic rings. The standard InChI is InChI=1S/C14H28N2/c1-6-7-8-16-14(11-15,9-12(2)3)10-13(4)5/h1,12-13,16H,7-11,15H2,2-5H3. The van der Waals surface area contributed by atoms with Crippen molar-refractivity contribution in [3.05, 3.63) is 0 Å². The summed E-state index contributed by atoms with van der Waals surface area (Å²) in [5.41, 5.74) is 6.04. The zero-order valence-corrected chi connectivity index (χ0v) is 11.3. The summed E-state index contributed by atoms with van der Waals surface area (Å²) >= 11 is 0. The van der Waals surface area contributed by atoms with E-state index < -0.39 is 0 Å². The smallest absolute Gasteiger partial charge is 0.0309 e. The molecule has 0 aromatic carbocycles. The van der Waals surface area contributed by atoms with Gasteiger partial charge in [-0.1, -0.05) is 27.7 Å². The van der Waals surface area contributed by atoms with E-state index in [0.717, 1.165) is 25.8 Å². The average Bonchev–Trinajstić information content (AvgIpc) is 2.16. The molecular weight excluding hydrogens is 196 g/mol. The molecule has 16 heavy (non-hydrogen) atoms. The Morgan fingerprint density at radius 3 is 2.00 bits per heavy atom. The molecule has 0 bridgehead atoms. The molecule has 0 radical (unpaired) electrons. The fraction of sp³-hybridized carbons (Fsp3) is 0.857. The molecule has 94 valence electrons. The topological polar surface area (TPSA) is 38.0 Å². The van der Waals surface area contributed by atoms with Crippen LogP contribution in [0.1, 0.15) is 47.0 Å². The second kappa shape index (κ2) is 7.70. The van der Waals surface area contributed by atoms with Gasteiger partial charge in [-0.3, -0.25) is 0 Å². The minimum Gasteiger partial charge on any atom is -0.329 e. The molecular formula is C14H28N2. The SMILES string of the molecule is C#CCCNC(CN)(CC(C)C)CC(C)C. The summed E-state index contributed by atoms with van der Waals surface area (Å²) in [6.45, 7) is 10.5. The van der Waals surface area contributed by atoms with Crippen LogP contribution in [0.5, 0.6) is 0 Å². The van der Waals surface area contributed by atoms with Crippen molar-refractivity contribution in [1.29, 1.82) is 0 Å². The maximum absolute atomic E-state index is 5.97. The molecule has 0 rings (SSSR count). The number of hydrogen-bond donors (Lipinski definition) is 2. The van der Waals surface area contributed by atoms with Gasteiger partial charge < -0.3 is 11.1 Å². The lowest BCUT2D eigenvalue weighted by Crippen LogP contribution is -2.53. The van der Waals surface area contributed by atoms with E-state index in [0.29, 0.717) is 18.4 Å². The molecule has 0 amide bonds. The molecule has 0 aromatic heterocycles. The summed E-state index contributed by atoms with van der Waals surface area (Å²) in [7, 11) is 0. The largest absolute Gasteiger partial charge is 0.329 e. The molecule has 2 heteroatoms. The Hall–Kier alpha value is -0.520. The highest BCUT2D eigenvalue weighted by atomic mass is 15.0. The summed E-state index contributed by atoms with van der Waals surface area (Å²) in [5, 5.41) is 3.58. The van der Waals surface area contributed by atoms with E-state index in [-0.39, 0.29) is 5.54 Å². The predicted molar refractivity (Wildman–Crippen MR) is 72.1 cm³/mol. The van der Waals surface area contributed by atoms with Crippen molar-refractivity contribution < 1.29 is 0 Å². The number of rotatable bonds is 8. The van der Waals surface area contributed by atoms with E-state index in [1.54, 1.807) is 0 Å². The van der Waals surface area contributed by atoms with Gasteiger partial charge in [0.25, 0.3) is 0 Å². The Bertz CT molecular complexity index is 203. The van der Waals surface area contributed by atoms with E-state index in [4.69, 9.17) is 12.2 Å². The van der Waals surface area contributed by atoms with Gasteiger partial charge >= 0.3 is 0 Å². The van der Waals surface area contributed by atoms with Crippen LogP contribution >= 0.6 is 0 Å². The predicted octanol–water partition coefficient (Wildman–Crippen LogP) is 2.39. The van der Waals surface area contributed by atoms with Crippen molar-refractivity contribution in [1.82, 2.24) is 5.32 Å². The molecule has 0 atom stereocenters. The van der Waals surface area contributed by atoms with Crippen molar-refractivity contribution in [2.45, 2.75) is 52.5 Å². The Labute approximate surface area is 101 Å². The normalized spacial score (nSPS) is 12.1. The molecule has 2 nitrogen and oxygen atoms in total. The van der Waals surface area contributed by atoms with E-state index in [1.165, 1.54) is 0 Å². The fourth-order valence-electron chi connectivity index (χ4n) is 2.43. The summed E-state index contributed by atoms with van der Waals surface area (Å²) in [4.78, 5) is 0. The molecule has 3 N–H and O–H groups in total. The third kappa shape index (κ3) is 6.15. The maximum atomic E-state index is 5.97. The summed E-state index contributed by atoms with van der Waals surface area (Å²) < 4.78 is 0. The highest BCUT2D eigenvalue weighted by Gasteiger charge is 2.29. The zero-order valence-electron chi connectivity index (χ0n) is 11.3. The van der Waals surface area contributed by atoms with E-state index in [1.807, 2.05) is 0 Å². The van der Waals surface area contributed by atoms with Crippen LogP contribution in [0.2, 0.25) is 0 Å². The quantitative estimate of drug-likeness (QED) is 0.491. The Kier molecular flexibility index (Phi) is 7.45. The second-order valence-corrected chi connectivity index (χ2v) is 5.56. The monoisotopic (exact) mass is 224 g/mol. The Morgan fingerprint density at radius 1 is 1.19 bits per heavy atom. The van der Waals surface area contributed by atoms with E-state index >= 15 is 0 Å². The second-order valence-electron chi connectivity index (χ2n) is 5.56. The third-order valence-corrected chi connectivity index (χ3v) is 2.76. The van der Waals surface area contributed by atoms with Gasteiger partial charge in [0.05, 0.1) is 0 Å². The first kappa shape index (κ1) is 15.5. The van der Waals surface area contributed by atoms with Crippen LogP contribution in [-0.4, -0.2) is 18.6 Å². The van der Waals surface area contributed by atoms with Gasteiger partial charge in [-0.2, -0.15) is 0 Å². The van der Waals surface area contributed by atoms with Crippen LogP contribution in [0.25, 0.3) is 0 Å². The van der Waals surface area contributed by atoms with Crippen LogP contribution in [-0.2, 0) is 0 Å².